The van der Waals surface area contributed by atoms with Crippen LogP contribution in [0.2, 0.25) is 0 Å². The first kappa shape index (κ1) is 24.0. The van der Waals surface area contributed by atoms with E-state index in [1.165, 1.54) is 50.5 Å². The first-order valence-corrected chi connectivity index (χ1v) is 11.0. The zero-order valence-corrected chi connectivity index (χ0v) is 19.1. The maximum atomic E-state index is 10.8. The molecule has 0 fully saturated rings. The van der Waals surface area contributed by atoms with E-state index in [0.717, 1.165) is 24.2 Å². The number of aromatic hydroxyl groups is 1. The summed E-state index contributed by atoms with van der Waals surface area (Å²) in [6, 6.07) is 4.25. The molecule has 1 rings (SSSR count). The highest BCUT2D eigenvalue weighted by atomic mass is 16.5. The highest BCUT2D eigenvalue weighted by Crippen LogP contribution is 2.39. The molecule has 0 saturated carbocycles. The summed E-state index contributed by atoms with van der Waals surface area (Å²) >= 11 is 0. The van der Waals surface area contributed by atoms with Gasteiger partial charge in [-0.3, -0.25) is 0 Å². The summed E-state index contributed by atoms with van der Waals surface area (Å²) in [5.74, 6) is 0.446. The summed E-state index contributed by atoms with van der Waals surface area (Å²) in [5, 5.41) is 10.8. The Labute approximate surface area is 168 Å². The molecule has 1 aromatic rings. The molecule has 0 saturated heterocycles. The molecule has 0 heterocycles. The van der Waals surface area contributed by atoms with Crippen LogP contribution < -0.4 is 0 Å². The molecule has 0 aliphatic rings. The molecule has 1 N–H and O–H groups in total. The van der Waals surface area contributed by atoms with Gasteiger partial charge in [0, 0.05) is 6.61 Å². The van der Waals surface area contributed by atoms with Crippen LogP contribution in [0.4, 0.5) is 0 Å². The Morgan fingerprint density at radius 3 is 1.63 bits per heavy atom. The van der Waals surface area contributed by atoms with E-state index in [2.05, 4.69) is 60.6 Å². The molecular weight excluding hydrogens is 332 g/mol. The van der Waals surface area contributed by atoms with E-state index >= 15 is 0 Å². The van der Waals surface area contributed by atoms with Crippen LogP contribution in [0.15, 0.2) is 12.1 Å². The lowest BCUT2D eigenvalue weighted by atomic mass is 9.78. The van der Waals surface area contributed by atoms with Gasteiger partial charge in [-0.15, -0.1) is 0 Å². The Balaban J connectivity index is 2.53. The normalized spacial score (nSPS) is 12.6. The molecule has 0 amide bonds. The van der Waals surface area contributed by atoms with Gasteiger partial charge in [-0.1, -0.05) is 93.4 Å². The van der Waals surface area contributed by atoms with E-state index in [0.29, 0.717) is 12.4 Å². The average molecular weight is 377 g/mol. The lowest BCUT2D eigenvalue weighted by molar-refractivity contribution is 0.116. The van der Waals surface area contributed by atoms with Crippen LogP contribution in [0, 0.1) is 0 Å². The molecule has 1 aromatic carbocycles. The van der Waals surface area contributed by atoms with Gasteiger partial charge in [-0.05, 0) is 46.1 Å². The topological polar surface area (TPSA) is 29.5 Å². The van der Waals surface area contributed by atoms with Gasteiger partial charge in [-0.25, -0.2) is 0 Å². The average Bonchev–Trinajstić information content (AvgIpc) is 2.55. The summed E-state index contributed by atoms with van der Waals surface area (Å²) in [6.07, 6.45) is 10.6. The third-order valence-corrected chi connectivity index (χ3v) is 5.20. The molecule has 27 heavy (non-hydrogen) atoms. The minimum absolute atomic E-state index is 0.0854. The molecule has 156 valence electrons. The Hall–Kier alpha value is -1.02. The number of rotatable bonds is 11. The van der Waals surface area contributed by atoms with Crippen LogP contribution in [-0.2, 0) is 22.2 Å². The zero-order chi connectivity index (χ0) is 20.5. The van der Waals surface area contributed by atoms with E-state index in [1.54, 1.807) is 0 Å². The molecule has 2 nitrogen and oxygen atoms in total. The lowest BCUT2D eigenvalue weighted by Gasteiger charge is -2.28. The number of phenolic OH excluding ortho intramolecular Hbond substituents is 1. The van der Waals surface area contributed by atoms with Crippen molar-refractivity contribution in [1.29, 1.82) is 0 Å². The molecule has 0 aliphatic carbocycles. The van der Waals surface area contributed by atoms with Crippen molar-refractivity contribution in [2.24, 2.45) is 0 Å². The largest absolute Gasteiger partial charge is 0.507 e. The fourth-order valence-corrected chi connectivity index (χ4v) is 3.45. The summed E-state index contributed by atoms with van der Waals surface area (Å²) in [4.78, 5) is 0. The first-order chi connectivity index (χ1) is 12.6. The number of unbranched alkanes of at least 4 members (excludes halogenated alkanes) is 7. The third-order valence-electron chi connectivity index (χ3n) is 5.20. The van der Waals surface area contributed by atoms with Crippen LogP contribution in [0.5, 0.6) is 5.75 Å². The smallest absolute Gasteiger partial charge is 0.123 e. The van der Waals surface area contributed by atoms with Crippen LogP contribution in [-0.4, -0.2) is 11.7 Å². The van der Waals surface area contributed by atoms with Gasteiger partial charge in [-0.2, -0.15) is 0 Å². The molecule has 0 aliphatic heterocycles. The monoisotopic (exact) mass is 376 g/mol. The van der Waals surface area contributed by atoms with E-state index in [-0.39, 0.29) is 10.8 Å². The second-order valence-electron chi connectivity index (χ2n) is 10.1. The zero-order valence-electron chi connectivity index (χ0n) is 19.1. The highest BCUT2D eigenvalue weighted by Gasteiger charge is 2.26. The standard InChI is InChI=1S/C25H44O2/c1-8-9-10-11-12-13-14-15-16-27-19-20-17-21(24(2,3)4)23(26)22(18-20)25(5,6)7/h17-18,26H,8-16,19H2,1-7H3. The first-order valence-electron chi connectivity index (χ1n) is 11.0. The van der Waals surface area contributed by atoms with Gasteiger partial charge in [0.1, 0.15) is 5.75 Å². The SMILES string of the molecule is CCCCCCCCCCOCc1cc(C(C)(C)C)c(O)c(C(C)(C)C)c1. The fourth-order valence-electron chi connectivity index (χ4n) is 3.45. The van der Waals surface area contributed by atoms with E-state index in [9.17, 15) is 5.11 Å². The molecule has 0 atom stereocenters. The van der Waals surface area contributed by atoms with Crippen LogP contribution in [0.3, 0.4) is 0 Å². The predicted molar refractivity (Wildman–Crippen MR) is 118 cm³/mol. The summed E-state index contributed by atoms with van der Waals surface area (Å²) < 4.78 is 5.96. The van der Waals surface area contributed by atoms with Crippen LogP contribution in [0.25, 0.3) is 0 Å². The second-order valence-corrected chi connectivity index (χ2v) is 10.1. The van der Waals surface area contributed by atoms with E-state index in [4.69, 9.17) is 4.74 Å². The maximum absolute atomic E-state index is 10.8. The van der Waals surface area contributed by atoms with Crippen molar-refractivity contribution in [2.75, 3.05) is 6.61 Å². The summed E-state index contributed by atoms with van der Waals surface area (Å²) in [7, 11) is 0. The lowest BCUT2D eigenvalue weighted by Crippen LogP contribution is -2.18. The number of ether oxygens (including phenoxy) is 1. The van der Waals surface area contributed by atoms with Crippen molar-refractivity contribution in [3.8, 4) is 5.75 Å². The van der Waals surface area contributed by atoms with Crippen molar-refractivity contribution < 1.29 is 9.84 Å². The van der Waals surface area contributed by atoms with Crippen molar-refractivity contribution in [3.63, 3.8) is 0 Å². The van der Waals surface area contributed by atoms with Crippen molar-refractivity contribution in [1.82, 2.24) is 0 Å². The molecule has 0 unspecified atom stereocenters. The second kappa shape index (κ2) is 11.1. The van der Waals surface area contributed by atoms with Gasteiger partial charge in [0.05, 0.1) is 6.61 Å². The van der Waals surface area contributed by atoms with Crippen molar-refractivity contribution in [3.05, 3.63) is 28.8 Å². The van der Waals surface area contributed by atoms with Crippen molar-refractivity contribution >= 4 is 0 Å². The van der Waals surface area contributed by atoms with Crippen LogP contribution >= 0.6 is 0 Å². The highest BCUT2D eigenvalue weighted by molar-refractivity contribution is 5.49. The Kier molecular flexibility index (Phi) is 9.87. The molecule has 0 radical (unpaired) electrons. The van der Waals surface area contributed by atoms with Gasteiger partial charge in [0.25, 0.3) is 0 Å². The van der Waals surface area contributed by atoms with Gasteiger partial charge >= 0.3 is 0 Å². The Morgan fingerprint density at radius 1 is 0.741 bits per heavy atom. The molecular formula is C25H44O2. The number of hydrogen-bond acceptors (Lipinski definition) is 2. The molecule has 0 aromatic heterocycles. The summed E-state index contributed by atoms with van der Waals surface area (Å²) in [5.41, 5.74) is 3.03. The number of benzene rings is 1. The van der Waals surface area contributed by atoms with Crippen LogP contribution in [0.1, 0.15) is 117 Å². The fraction of sp³-hybridized carbons (Fsp3) is 0.760. The van der Waals surface area contributed by atoms with E-state index < -0.39 is 0 Å². The maximum Gasteiger partial charge on any atom is 0.123 e. The van der Waals surface area contributed by atoms with Gasteiger partial charge in [0.15, 0.2) is 0 Å². The van der Waals surface area contributed by atoms with Gasteiger partial charge < -0.3 is 9.84 Å². The summed E-state index contributed by atoms with van der Waals surface area (Å²) in [6.45, 7) is 16.6. The minimum atomic E-state index is -0.0854. The number of phenols is 1. The Morgan fingerprint density at radius 2 is 1.19 bits per heavy atom. The molecule has 2 heteroatoms. The third kappa shape index (κ3) is 8.68. The van der Waals surface area contributed by atoms with Crippen molar-refractivity contribution in [2.45, 2.75) is 117 Å². The minimum Gasteiger partial charge on any atom is -0.507 e. The molecule has 0 spiro atoms. The Bertz CT molecular complexity index is 511. The van der Waals surface area contributed by atoms with E-state index in [1.807, 2.05) is 0 Å². The predicted octanol–water partition coefficient (Wildman–Crippen LogP) is 7.64. The quantitative estimate of drug-likeness (QED) is 0.402. The number of hydrogen-bond donors (Lipinski definition) is 1. The van der Waals surface area contributed by atoms with Gasteiger partial charge in [0.2, 0.25) is 0 Å². The molecule has 0 bridgehead atoms.